The molecule has 6 heteroatoms. The highest BCUT2D eigenvalue weighted by Crippen LogP contribution is 2.27. The summed E-state index contributed by atoms with van der Waals surface area (Å²) >= 11 is 0. The van der Waals surface area contributed by atoms with Gasteiger partial charge in [0.25, 0.3) is 5.91 Å². The van der Waals surface area contributed by atoms with Crippen molar-refractivity contribution in [1.29, 1.82) is 0 Å². The molecule has 1 saturated heterocycles. The normalized spacial score (nSPS) is 17.7. The maximum Gasteiger partial charge on any atom is 0.317 e. The number of rotatable bonds is 5. The summed E-state index contributed by atoms with van der Waals surface area (Å²) in [6, 6.07) is 7.92. The van der Waals surface area contributed by atoms with E-state index in [1.54, 1.807) is 0 Å². The molecule has 1 fully saturated rings. The molecule has 134 valence electrons. The van der Waals surface area contributed by atoms with Gasteiger partial charge in [0.05, 0.1) is 12.1 Å². The fourth-order valence-corrected chi connectivity index (χ4v) is 3.55. The van der Waals surface area contributed by atoms with Crippen molar-refractivity contribution < 1.29 is 19.4 Å². The number of carboxylic acid groups (broad SMARTS) is 1. The first-order chi connectivity index (χ1) is 12.1. The monoisotopic (exact) mass is 344 g/mol. The number of ether oxygens (including phenoxy) is 1. The molecule has 0 atom stereocenters. The first-order valence-electron chi connectivity index (χ1n) is 8.76. The smallest absolute Gasteiger partial charge is 0.317 e. The molecule has 0 spiro atoms. The second-order valence-corrected chi connectivity index (χ2v) is 6.48. The van der Waals surface area contributed by atoms with Gasteiger partial charge in [-0.1, -0.05) is 25.1 Å². The lowest BCUT2D eigenvalue weighted by Crippen LogP contribution is -2.48. The van der Waals surface area contributed by atoms with Crippen LogP contribution in [0.15, 0.2) is 29.8 Å². The number of piperidine rings is 1. The van der Waals surface area contributed by atoms with Crippen LogP contribution >= 0.6 is 0 Å². The Hall–Kier alpha value is -2.34. The number of likely N-dealkylation sites (tertiary alicyclic amines) is 1. The number of carboxylic acids is 1. The van der Waals surface area contributed by atoms with Crippen LogP contribution in [0.1, 0.15) is 25.3 Å². The average molecular weight is 344 g/mol. The molecular weight excluding hydrogens is 320 g/mol. The van der Waals surface area contributed by atoms with Crippen LogP contribution in [0, 0.1) is 0 Å². The fraction of sp³-hybridized carbons (Fsp3) is 0.474. The highest BCUT2D eigenvalue weighted by atomic mass is 16.5. The Morgan fingerprint density at radius 1 is 1.28 bits per heavy atom. The summed E-state index contributed by atoms with van der Waals surface area (Å²) in [4.78, 5) is 27.6. The van der Waals surface area contributed by atoms with Gasteiger partial charge in [0.2, 0.25) is 0 Å². The van der Waals surface area contributed by atoms with E-state index in [0.29, 0.717) is 31.8 Å². The number of carbonyl (C=O) groups is 2. The van der Waals surface area contributed by atoms with Crippen molar-refractivity contribution >= 4 is 18.0 Å². The molecule has 0 aromatic heterocycles. The number of benzene rings is 1. The minimum atomic E-state index is -0.802. The molecule has 0 bridgehead atoms. The number of carbonyl (C=O) groups excluding carboxylic acids is 1. The van der Waals surface area contributed by atoms with Crippen LogP contribution in [-0.4, -0.2) is 65.6 Å². The van der Waals surface area contributed by atoms with Crippen molar-refractivity contribution in [2.24, 2.45) is 0 Å². The number of nitrogens with zero attached hydrogens (tertiary/aromatic N) is 2. The highest BCUT2D eigenvalue weighted by molar-refractivity contribution is 5.99. The van der Waals surface area contributed by atoms with Gasteiger partial charge in [-0.3, -0.25) is 14.5 Å². The van der Waals surface area contributed by atoms with Crippen LogP contribution in [0.4, 0.5) is 0 Å². The number of fused-ring (bicyclic) bond motifs is 1. The summed E-state index contributed by atoms with van der Waals surface area (Å²) in [5, 5.41) is 9.01. The van der Waals surface area contributed by atoms with Gasteiger partial charge in [-0.25, -0.2) is 0 Å². The zero-order chi connectivity index (χ0) is 17.8. The molecule has 2 aliphatic rings. The molecule has 25 heavy (non-hydrogen) atoms. The van der Waals surface area contributed by atoms with Gasteiger partial charge >= 0.3 is 5.97 Å². The van der Waals surface area contributed by atoms with Gasteiger partial charge in [0.1, 0.15) is 12.4 Å². The number of aliphatic carboxylic acids is 1. The molecule has 3 rings (SSSR count). The molecule has 1 aromatic carbocycles. The van der Waals surface area contributed by atoms with E-state index < -0.39 is 5.97 Å². The van der Waals surface area contributed by atoms with Crippen LogP contribution in [0.25, 0.3) is 6.08 Å². The lowest BCUT2D eigenvalue weighted by Gasteiger charge is -2.38. The van der Waals surface area contributed by atoms with Crippen molar-refractivity contribution in [3.63, 3.8) is 0 Å². The van der Waals surface area contributed by atoms with Gasteiger partial charge < -0.3 is 14.7 Å². The Balaban J connectivity index is 1.61. The van der Waals surface area contributed by atoms with E-state index in [4.69, 9.17) is 9.84 Å². The van der Waals surface area contributed by atoms with Crippen LogP contribution in [0.5, 0.6) is 5.75 Å². The van der Waals surface area contributed by atoms with E-state index in [-0.39, 0.29) is 18.5 Å². The van der Waals surface area contributed by atoms with Crippen molar-refractivity contribution in [1.82, 2.24) is 9.80 Å². The molecule has 1 aromatic rings. The fourth-order valence-electron chi connectivity index (χ4n) is 3.55. The van der Waals surface area contributed by atoms with Crippen LogP contribution in [0.2, 0.25) is 0 Å². The molecular formula is C19H24N2O4. The third kappa shape index (κ3) is 4.02. The second-order valence-electron chi connectivity index (χ2n) is 6.48. The van der Waals surface area contributed by atoms with E-state index in [1.807, 2.05) is 47.1 Å². The molecule has 1 amide bonds. The van der Waals surface area contributed by atoms with Gasteiger partial charge in [-0.2, -0.15) is 0 Å². The predicted octanol–water partition coefficient (Wildman–Crippen LogP) is 1.86. The van der Waals surface area contributed by atoms with E-state index in [2.05, 4.69) is 0 Å². The summed E-state index contributed by atoms with van der Waals surface area (Å²) < 4.78 is 5.68. The molecule has 6 nitrogen and oxygen atoms in total. The number of likely N-dealkylation sites (N-methyl/N-ethyl adjacent to an activating group) is 1. The predicted molar refractivity (Wildman–Crippen MR) is 94.4 cm³/mol. The molecule has 1 N–H and O–H groups in total. The summed E-state index contributed by atoms with van der Waals surface area (Å²) in [7, 11) is 0. The van der Waals surface area contributed by atoms with Gasteiger partial charge in [-0.05, 0) is 31.5 Å². The van der Waals surface area contributed by atoms with Crippen LogP contribution in [0.3, 0.4) is 0 Å². The lowest BCUT2D eigenvalue weighted by atomic mass is 10.0. The van der Waals surface area contributed by atoms with Crippen molar-refractivity contribution in [2.45, 2.75) is 25.8 Å². The summed E-state index contributed by atoms with van der Waals surface area (Å²) in [5.74, 6) is 0.0304. The highest BCUT2D eigenvalue weighted by Gasteiger charge is 2.29. The number of hydrogen-bond acceptors (Lipinski definition) is 4. The van der Waals surface area contributed by atoms with E-state index >= 15 is 0 Å². The van der Waals surface area contributed by atoms with E-state index in [1.165, 1.54) is 0 Å². The van der Waals surface area contributed by atoms with Crippen molar-refractivity contribution in [3.05, 3.63) is 35.4 Å². The summed E-state index contributed by atoms with van der Waals surface area (Å²) in [6.07, 6.45) is 3.52. The maximum absolute atomic E-state index is 12.8. The Morgan fingerprint density at radius 2 is 2.00 bits per heavy atom. The molecule has 0 radical (unpaired) electrons. The topological polar surface area (TPSA) is 70.1 Å². The molecule has 2 aliphatic heterocycles. The number of para-hydroxylation sites is 1. The van der Waals surface area contributed by atoms with E-state index in [0.717, 1.165) is 24.2 Å². The zero-order valence-electron chi connectivity index (χ0n) is 14.5. The first-order valence-corrected chi connectivity index (χ1v) is 8.76. The van der Waals surface area contributed by atoms with Crippen LogP contribution < -0.4 is 4.74 Å². The Labute approximate surface area is 147 Å². The van der Waals surface area contributed by atoms with Gasteiger partial charge in [0.15, 0.2) is 0 Å². The molecule has 0 saturated carbocycles. The standard InChI is InChI=1S/C19H24N2O4/c1-2-20(12-18(22)23)16-7-9-21(10-8-16)19(24)15-11-14-5-3-4-6-17(14)25-13-15/h3-6,11,16H,2,7-10,12-13H2,1H3,(H,22,23). The number of hydrogen-bond donors (Lipinski definition) is 1. The Morgan fingerprint density at radius 3 is 2.68 bits per heavy atom. The Kier molecular flexibility index (Phi) is 5.38. The third-order valence-electron chi connectivity index (χ3n) is 4.92. The SMILES string of the molecule is CCN(CC(=O)O)C1CCN(C(=O)C2=Cc3ccccc3OC2)CC1. The Bertz CT molecular complexity index is 678. The van der Waals surface area contributed by atoms with Gasteiger partial charge in [-0.15, -0.1) is 0 Å². The first kappa shape index (κ1) is 17.5. The van der Waals surface area contributed by atoms with Crippen LogP contribution in [-0.2, 0) is 9.59 Å². The number of amides is 1. The minimum absolute atomic E-state index is 0.0224. The zero-order valence-corrected chi connectivity index (χ0v) is 14.5. The molecule has 0 aliphatic carbocycles. The molecule has 0 unspecified atom stereocenters. The van der Waals surface area contributed by atoms with Crippen molar-refractivity contribution in [2.75, 3.05) is 32.8 Å². The maximum atomic E-state index is 12.8. The summed E-state index contributed by atoms with van der Waals surface area (Å²) in [5.41, 5.74) is 1.61. The second kappa shape index (κ2) is 7.70. The van der Waals surface area contributed by atoms with Gasteiger partial charge in [0, 0.05) is 24.7 Å². The average Bonchev–Trinajstić information content (AvgIpc) is 2.65. The molecule has 2 heterocycles. The van der Waals surface area contributed by atoms with E-state index in [9.17, 15) is 9.59 Å². The quantitative estimate of drug-likeness (QED) is 0.883. The third-order valence-corrected chi connectivity index (χ3v) is 4.92. The lowest BCUT2D eigenvalue weighted by molar-refractivity contribution is -0.139. The van der Waals surface area contributed by atoms with Crippen molar-refractivity contribution in [3.8, 4) is 5.75 Å². The largest absolute Gasteiger partial charge is 0.488 e. The minimum Gasteiger partial charge on any atom is -0.488 e. The summed E-state index contributed by atoms with van der Waals surface area (Å²) in [6.45, 7) is 4.35.